The number of nitrogens with one attached hydrogen (secondary N) is 1. The second-order valence-corrected chi connectivity index (χ2v) is 13.4. The van der Waals surface area contributed by atoms with Crippen molar-refractivity contribution in [1.29, 1.82) is 0 Å². The first kappa shape index (κ1) is 29.3. The molecule has 6 rings (SSSR count). The Balaban J connectivity index is 1.21. The summed E-state index contributed by atoms with van der Waals surface area (Å²) in [5.41, 5.74) is 3.13. The third kappa shape index (κ3) is 7.05. The van der Waals surface area contributed by atoms with Crippen LogP contribution in [0, 0.1) is 0 Å². The molecule has 2 N–H and O–H groups in total. The highest BCUT2D eigenvalue weighted by Crippen LogP contribution is 2.39. The average molecular weight is 592 g/mol. The first-order valence-corrected chi connectivity index (χ1v) is 16.6. The molecule has 0 spiro atoms. The van der Waals surface area contributed by atoms with Gasteiger partial charge in [-0.3, -0.25) is 9.62 Å². The van der Waals surface area contributed by atoms with Crippen molar-refractivity contribution in [3.05, 3.63) is 95.6 Å². The Morgan fingerprint density at radius 3 is 2.38 bits per heavy atom. The SMILES string of the molecule is O=S(=O)(Nc1cccc([C@H]2O[C@@H](CN3CCC[C@H]3CN3CCCC3)C[C@@H](c3ccc(CO)cc3)O2)c1)c1ccccc1. The van der Waals surface area contributed by atoms with Gasteiger partial charge in [-0.2, -0.15) is 0 Å². The number of nitrogens with zero attached hydrogens (tertiary/aromatic N) is 2. The van der Waals surface area contributed by atoms with E-state index in [2.05, 4.69) is 14.5 Å². The fourth-order valence-corrected chi connectivity index (χ4v) is 7.53. The van der Waals surface area contributed by atoms with E-state index in [0.717, 1.165) is 42.7 Å². The molecule has 3 fully saturated rings. The molecule has 0 saturated carbocycles. The molecular weight excluding hydrogens is 550 g/mol. The normalized spacial score (nSPS) is 25.5. The van der Waals surface area contributed by atoms with Gasteiger partial charge in [-0.1, -0.05) is 54.6 Å². The predicted octanol–water partition coefficient (Wildman–Crippen LogP) is 5.09. The van der Waals surface area contributed by atoms with Crippen molar-refractivity contribution < 1.29 is 23.0 Å². The van der Waals surface area contributed by atoms with Crippen LogP contribution < -0.4 is 4.72 Å². The molecule has 4 atom stereocenters. The Kier molecular flexibility index (Phi) is 9.23. The zero-order valence-electron chi connectivity index (χ0n) is 24.0. The highest BCUT2D eigenvalue weighted by Gasteiger charge is 2.36. The lowest BCUT2D eigenvalue weighted by atomic mass is 9.99. The topological polar surface area (TPSA) is 91.3 Å². The van der Waals surface area contributed by atoms with E-state index in [1.54, 1.807) is 42.5 Å². The quantitative estimate of drug-likeness (QED) is 0.340. The molecule has 0 aromatic heterocycles. The lowest BCUT2D eigenvalue weighted by Crippen LogP contribution is -2.45. The van der Waals surface area contributed by atoms with Gasteiger partial charge in [0.1, 0.15) is 0 Å². The van der Waals surface area contributed by atoms with Gasteiger partial charge in [0.25, 0.3) is 10.0 Å². The molecule has 3 saturated heterocycles. The summed E-state index contributed by atoms with van der Waals surface area (Å²) in [6.45, 7) is 5.45. The van der Waals surface area contributed by atoms with Gasteiger partial charge in [0, 0.05) is 36.8 Å². The van der Waals surface area contributed by atoms with Crippen molar-refractivity contribution in [2.75, 3.05) is 37.4 Å². The molecule has 0 aliphatic carbocycles. The largest absolute Gasteiger partial charge is 0.392 e. The fraction of sp³-hybridized carbons (Fsp3) is 0.455. The van der Waals surface area contributed by atoms with Crippen LogP contribution >= 0.6 is 0 Å². The minimum absolute atomic E-state index is 0.000781. The van der Waals surface area contributed by atoms with Crippen molar-refractivity contribution in [1.82, 2.24) is 9.80 Å². The van der Waals surface area contributed by atoms with E-state index >= 15 is 0 Å². The fourth-order valence-electron chi connectivity index (χ4n) is 6.46. The Bertz CT molecular complexity index is 1410. The lowest BCUT2D eigenvalue weighted by Gasteiger charge is -2.39. The molecule has 3 aliphatic heterocycles. The van der Waals surface area contributed by atoms with Crippen LogP contribution in [0.25, 0.3) is 0 Å². The van der Waals surface area contributed by atoms with Crippen molar-refractivity contribution in [3.63, 3.8) is 0 Å². The Labute approximate surface area is 249 Å². The minimum atomic E-state index is -3.73. The van der Waals surface area contributed by atoms with Gasteiger partial charge in [0.05, 0.1) is 23.7 Å². The summed E-state index contributed by atoms with van der Waals surface area (Å²) in [4.78, 5) is 5.41. The summed E-state index contributed by atoms with van der Waals surface area (Å²) in [7, 11) is -3.73. The van der Waals surface area contributed by atoms with Crippen LogP contribution in [0.2, 0.25) is 0 Å². The zero-order chi connectivity index (χ0) is 28.9. The van der Waals surface area contributed by atoms with E-state index in [1.165, 1.54) is 38.8 Å². The molecule has 3 aliphatic rings. The second-order valence-electron chi connectivity index (χ2n) is 11.7. The zero-order valence-corrected chi connectivity index (χ0v) is 24.8. The molecule has 0 unspecified atom stereocenters. The van der Waals surface area contributed by atoms with E-state index < -0.39 is 16.3 Å². The molecule has 3 heterocycles. The molecule has 42 heavy (non-hydrogen) atoms. The first-order valence-electron chi connectivity index (χ1n) is 15.1. The molecule has 224 valence electrons. The van der Waals surface area contributed by atoms with Crippen LogP contribution in [0.4, 0.5) is 5.69 Å². The van der Waals surface area contributed by atoms with Crippen molar-refractivity contribution >= 4 is 15.7 Å². The number of ether oxygens (including phenoxy) is 2. The molecular formula is C33H41N3O5S. The number of sulfonamides is 1. The maximum Gasteiger partial charge on any atom is 0.261 e. The van der Waals surface area contributed by atoms with E-state index in [9.17, 15) is 13.5 Å². The van der Waals surface area contributed by atoms with E-state index in [4.69, 9.17) is 9.47 Å². The number of hydrogen-bond donors (Lipinski definition) is 2. The smallest absolute Gasteiger partial charge is 0.261 e. The summed E-state index contributed by atoms with van der Waals surface area (Å²) >= 11 is 0. The highest BCUT2D eigenvalue weighted by atomic mass is 32.2. The van der Waals surface area contributed by atoms with Gasteiger partial charge in [0.15, 0.2) is 6.29 Å². The number of hydrogen-bond acceptors (Lipinski definition) is 7. The summed E-state index contributed by atoms with van der Waals surface area (Å²) in [5, 5.41) is 9.53. The second kappa shape index (κ2) is 13.2. The predicted molar refractivity (Wildman–Crippen MR) is 162 cm³/mol. The van der Waals surface area contributed by atoms with Crippen LogP contribution in [0.15, 0.2) is 83.8 Å². The first-order chi connectivity index (χ1) is 20.5. The highest BCUT2D eigenvalue weighted by molar-refractivity contribution is 7.92. The Hall–Kier alpha value is -2.79. The number of rotatable bonds is 10. The van der Waals surface area contributed by atoms with E-state index in [0.29, 0.717) is 11.7 Å². The Morgan fingerprint density at radius 1 is 0.833 bits per heavy atom. The summed E-state index contributed by atoms with van der Waals surface area (Å²) in [6, 6.07) is 24.1. The standard InChI is InChI=1S/C33H41N3O5S/c37-24-25-13-15-26(16-14-25)32-21-30(23-36-19-7-10-29(36)22-35-17-4-5-18-35)40-33(41-32)27-8-6-9-28(20-27)34-42(38,39)31-11-2-1-3-12-31/h1-3,6,8-9,11-16,20,29-30,32-34,37H,4-5,7,10,17-19,21-24H2/t29-,30+,32-,33-/m0/s1. The molecule has 8 nitrogen and oxygen atoms in total. The van der Waals surface area contributed by atoms with Crippen LogP contribution in [-0.2, 0) is 26.1 Å². The number of likely N-dealkylation sites (tertiary alicyclic amines) is 2. The van der Waals surface area contributed by atoms with Gasteiger partial charge in [-0.05, 0) is 80.7 Å². The summed E-state index contributed by atoms with van der Waals surface area (Å²) in [5.74, 6) is 0. The minimum Gasteiger partial charge on any atom is -0.392 e. The average Bonchev–Trinajstić information content (AvgIpc) is 3.70. The van der Waals surface area contributed by atoms with Gasteiger partial charge in [0.2, 0.25) is 0 Å². The van der Waals surface area contributed by atoms with Crippen molar-refractivity contribution in [3.8, 4) is 0 Å². The molecule has 0 bridgehead atoms. The van der Waals surface area contributed by atoms with Crippen LogP contribution in [0.5, 0.6) is 0 Å². The van der Waals surface area contributed by atoms with Crippen LogP contribution in [0.3, 0.4) is 0 Å². The molecule has 3 aromatic rings. The maximum absolute atomic E-state index is 13.0. The monoisotopic (exact) mass is 591 g/mol. The molecule has 3 aromatic carbocycles. The van der Waals surface area contributed by atoms with Crippen molar-refractivity contribution in [2.24, 2.45) is 0 Å². The number of aliphatic hydroxyl groups excluding tert-OH is 1. The lowest BCUT2D eigenvalue weighted by molar-refractivity contribution is -0.253. The van der Waals surface area contributed by atoms with E-state index in [-0.39, 0.29) is 23.7 Å². The number of aliphatic hydroxyl groups is 1. The van der Waals surface area contributed by atoms with E-state index in [1.807, 2.05) is 36.4 Å². The number of anilines is 1. The third-order valence-corrected chi connectivity index (χ3v) is 10.1. The molecule has 9 heteroatoms. The van der Waals surface area contributed by atoms with Crippen molar-refractivity contribution in [2.45, 2.75) is 68.1 Å². The Morgan fingerprint density at radius 2 is 1.62 bits per heavy atom. The van der Waals surface area contributed by atoms with Crippen LogP contribution in [-0.4, -0.2) is 68.2 Å². The third-order valence-electron chi connectivity index (χ3n) is 8.68. The summed E-state index contributed by atoms with van der Waals surface area (Å²) < 4.78 is 41.8. The molecule has 0 amide bonds. The van der Waals surface area contributed by atoms with Gasteiger partial charge < -0.3 is 19.5 Å². The van der Waals surface area contributed by atoms with Crippen LogP contribution in [0.1, 0.15) is 61.2 Å². The molecule has 0 radical (unpaired) electrons. The number of benzene rings is 3. The maximum atomic E-state index is 13.0. The summed E-state index contributed by atoms with van der Waals surface area (Å²) in [6.07, 6.45) is 4.87. The van der Waals surface area contributed by atoms with Gasteiger partial charge in [-0.15, -0.1) is 0 Å². The van der Waals surface area contributed by atoms with Gasteiger partial charge in [-0.25, -0.2) is 8.42 Å². The van der Waals surface area contributed by atoms with Gasteiger partial charge >= 0.3 is 0 Å².